The first-order valence-corrected chi connectivity index (χ1v) is 7.97. The van der Waals surface area contributed by atoms with Crippen LogP contribution < -0.4 is 11.1 Å². The highest BCUT2D eigenvalue weighted by Crippen LogP contribution is 2.05. The van der Waals surface area contributed by atoms with Gasteiger partial charge in [-0.2, -0.15) is 0 Å². The summed E-state index contributed by atoms with van der Waals surface area (Å²) in [5.74, 6) is 0.0269. The van der Waals surface area contributed by atoms with Gasteiger partial charge in [0.15, 0.2) is 0 Å². The Balaban J connectivity index is 1.50. The fourth-order valence-corrected chi connectivity index (χ4v) is 2.22. The molecule has 2 rings (SSSR count). The van der Waals surface area contributed by atoms with Crippen molar-refractivity contribution in [2.45, 2.75) is 19.3 Å². The molecular weight excluding hydrogens is 288 g/mol. The molecule has 0 aliphatic carbocycles. The Morgan fingerprint density at radius 2 is 1.70 bits per heavy atom. The number of anilines is 1. The molecule has 4 nitrogen and oxygen atoms in total. The second-order valence-electron chi connectivity index (χ2n) is 5.47. The number of nitrogens with one attached hydrogen (secondary N) is 1. The highest BCUT2D eigenvalue weighted by atomic mass is 16.5. The first kappa shape index (κ1) is 17.0. The van der Waals surface area contributed by atoms with Crippen LogP contribution in [0.15, 0.2) is 54.6 Å². The van der Waals surface area contributed by atoms with E-state index in [2.05, 4.69) is 17.4 Å². The third kappa shape index (κ3) is 6.98. The number of ether oxygens (including phenoxy) is 1. The van der Waals surface area contributed by atoms with Crippen LogP contribution in [-0.2, 0) is 22.4 Å². The number of rotatable bonds is 9. The van der Waals surface area contributed by atoms with Crippen LogP contribution in [0.4, 0.5) is 5.69 Å². The van der Waals surface area contributed by atoms with Gasteiger partial charge in [0.2, 0.25) is 5.91 Å². The van der Waals surface area contributed by atoms with E-state index in [0.717, 1.165) is 18.4 Å². The maximum absolute atomic E-state index is 11.8. The lowest BCUT2D eigenvalue weighted by atomic mass is 10.1. The Morgan fingerprint density at radius 3 is 2.43 bits per heavy atom. The largest absolute Gasteiger partial charge is 0.399 e. The van der Waals surface area contributed by atoms with E-state index in [1.807, 2.05) is 42.5 Å². The van der Waals surface area contributed by atoms with Crippen molar-refractivity contribution >= 4 is 11.6 Å². The summed E-state index contributed by atoms with van der Waals surface area (Å²) in [6, 6.07) is 17.6. The van der Waals surface area contributed by atoms with Crippen molar-refractivity contribution in [2.75, 3.05) is 25.5 Å². The van der Waals surface area contributed by atoms with E-state index >= 15 is 0 Å². The molecule has 0 unspecified atom stereocenters. The maximum atomic E-state index is 11.8. The molecule has 0 saturated heterocycles. The molecule has 0 heterocycles. The Bertz CT molecular complexity index is 582. The van der Waals surface area contributed by atoms with Crippen LogP contribution in [0.2, 0.25) is 0 Å². The van der Waals surface area contributed by atoms with Crippen LogP contribution >= 0.6 is 0 Å². The first-order chi connectivity index (χ1) is 11.2. The van der Waals surface area contributed by atoms with Crippen LogP contribution in [0.3, 0.4) is 0 Å². The van der Waals surface area contributed by atoms with E-state index in [0.29, 0.717) is 31.9 Å². The monoisotopic (exact) mass is 312 g/mol. The number of hydrogen-bond acceptors (Lipinski definition) is 3. The normalized spacial score (nSPS) is 10.4. The van der Waals surface area contributed by atoms with Crippen molar-refractivity contribution < 1.29 is 9.53 Å². The van der Waals surface area contributed by atoms with Crippen molar-refractivity contribution in [2.24, 2.45) is 0 Å². The Hall–Kier alpha value is -2.33. The summed E-state index contributed by atoms with van der Waals surface area (Å²) in [5, 5.41) is 2.90. The van der Waals surface area contributed by atoms with Gasteiger partial charge >= 0.3 is 0 Å². The summed E-state index contributed by atoms with van der Waals surface area (Å²) in [6.07, 6.45) is 2.13. The zero-order valence-electron chi connectivity index (χ0n) is 13.3. The fraction of sp³-hybridized carbons (Fsp3) is 0.316. The summed E-state index contributed by atoms with van der Waals surface area (Å²) in [6.45, 7) is 2.01. The van der Waals surface area contributed by atoms with Crippen molar-refractivity contribution in [3.8, 4) is 0 Å². The Labute approximate surface area is 137 Å². The van der Waals surface area contributed by atoms with Crippen LogP contribution in [-0.4, -0.2) is 25.7 Å². The van der Waals surface area contributed by atoms with Crippen molar-refractivity contribution in [1.82, 2.24) is 5.32 Å². The lowest BCUT2D eigenvalue weighted by Gasteiger charge is -2.07. The molecule has 3 N–H and O–H groups in total. The molecular formula is C19H24N2O2. The van der Waals surface area contributed by atoms with Crippen LogP contribution in [0.1, 0.15) is 17.5 Å². The van der Waals surface area contributed by atoms with Gasteiger partial charge in [-0.15, -0.1) is 0 Å². The van der Waals surface area contributed by atoms with Gasteiger partial charge in [-0.05, 0) is 36.1 Å². The third-order valence-corrected chi connectivity index (χ3v) is 3.51. The molecule has 0 fully saturated rings. The molecule has 0 radical (unpaired) electrons. The van der Waals surface area contributed by atoms with Crippen LogP contribution in [0, 0.1) is 0 Å². The minimum absolute atomic E-state index is 0.0269. The van der Waals surface area contributed by atoms with Gasteiger partial charge in [-0.3, -0.25) is 4.79 Å². The number of carbonyl (C=O) groups is 1. The lowest BCUT2D eigenvalue weighted by molar-refractivity contribution is -0.120. The molecule has 2 aromatic carbocycles. The zero-order valence-corrected chi connectivity index (χ0v) is 13.3. The topological polar surface area (TPSA) is 64.4 Å². The maximum Gasteiger partial charge on any atom is 0.224 e. The molecule has 0 saturated carbocycles. The predicted octanol–water partition coefficient (Wildman–Crippen LogP) is 2.58. The number of benzene rings is 2. The molecule has 0 aliphatic rings. The SMILES string of the molecule is Nc1ccc(CC(=O)NCCCOCCc2ccccc2)cc1. The average Bonchev–Trinajstić information content (AvgIpc) is 2.57. The molecule has 2 aromatic rings. The first-order valence-electron chi connectivity index (χ1n) is 7.97. The summed E-state index contributed by atoms with van der Waals surface area (Å²) >= 11 is 0. The molecule has 122 valence electrons. The van der Waals surface area contributed by atoms with Crippen molar-refractivity contribution in [3.63, 3.8) is 0 Å². The summed E-state index contributed by atoms with van der Waals surface area (Å²) < 4.78 is 5.59. The van der Waals surface area contributed by atoms with E-state index in [1.54, 1.807) is 0 Å². The van der Waals surface area contributed by atoms with E-state index in [4.69, 9.17) is 10.5 Å². The summed E-state index contributed by atoms with van der Waals surface area (Å²) in [5.41, 5.74) is 8.58. The van der Waals surface area contributed by atoms with Gasteiger partial charge in [0.25, 0.3) is 0 Å². The van der Waals surface area contributed by atoms with Gasteiger partial charge < -0.3 is 15.8 Å². The minimum Gasteiger partial charge on any atom is -0.399 e. The fourth-order valence-electron chi connectivity index (χ4n) is 2.22. The number of nitrogen functional groups attached to an aromatic ring is 1. The minimum atomic E-state index is 0.0269. The highest BCUT2D eigenvalue weighted by Gasteiger charge is 2.02. The number of amides is 1. The van der Waals surface area contributed by atoms with Crippen LogP contribution in [0.5, 0.6) is 0 Å². The average molecular weight is 312 g/mol. The van der Waals surface area contributed by atoms with Gasteiger partial charge in [0, 0.05) is 18.8 Å². The van der Waals surface area contributed by atoms with Gasteiger partial charge in [0.1, 0.15) is 0 Å². The Morgan fingerprint density at radius 1 is 0.957 bits per heavy atom. The molecule has 0 spiro atoms. The molecule has 1 amide bonds. The van der Waals surface area contributed by atoms with E-state index in [1.165, 1.54) is 5.56 Å². The van der Waals surface area contributed by atoms with E-state index in [9.17, 15) is 4.79 Å². The second-order valence-corrected chi connectivity index (χ2v) is 5.47. The van der Waals surface area contributed by atoms with Crippen molar-refractivity contribution in [3.05, 3.63) is 65.7 Å². The zero-order chi connectivity index (χ0) is 16.3. The molecule has 0 aromatic heterocycles. The number of hydrogen-bond donors (Lipinski definition) is 2. The van der Waals surface area contributed by atoms with Gasteiger partial charge in [-0.25, -0.2) is 0 Å². The smallest absolute Gasteiger partial charge is 0.224 e. The number of carbonyl (C=O) groups excluding carboxylic acids is 1. The van der Waals surface area contributed by atoms with Gasteiger partial charge in [-0.1, -0.05) is 42.5 Å². The second kappa shape index (κ2) is 9.64. The summed E-state index contributed by atoms with van der Waals surface area (Å²) in [4.78, 5) is 11.8. The standard InChI is InChI=1S/C19H24N2O2/c20-18-9-7-17(8-10-18)15-19(22)21-12-4-13-23-14-11-16-5-2-1-3-6-16/h1-3,5-10H,4,11-15,20H2,(H,21,22). The highest BCUT2D eigenvalue weighted by molar-refractivity contribution is 5.78. The molecule has 0 aliphatic heterocycles. The Kier molecular flexibility index (Phi) is 7.14. The predicted molar refractivity (Wildman–Crippen MR) is 93.2 cm³/mol. The molecule has 0 atom stereocenters. The molecule has 4 heteroatoms. The van der Waals surface area contributed by atoms with Crippen molar-refractivity contribution in [1.29, 1.82) is 0 Å². The third-order valence-electron chi connectivity index (χ3n) is 3.51. The van der Waals surface area contributed by atoms with Crippen LogP contribution in [0.25, 0.3) is 0 Å². The lowest BCUT2D eigenvalue weighted by Crippen LogP contribution is -2.26. The molecule has 0 bridgehead atoms. The van der Waals surface area contributed by atoms with E-state index in [-0.39, 0.29) is 5.91 Å². The molecule has 23 heavy (non-hydrogen) atoms. The summed E-state index contributed by atoms with van der Waals surface area (Å²) in [7, 11) is 0. The van der Waals surface area contributed by atoms with Gasteiger partial charge in [0.05, 0.1) is 13.0 Å². The quantitative estimate of drug-likeness (QED) is 0.552. The van der Waals surface area contributed by atoms with E-state index < -0.39 is 0 Å². The number of nitrogens with two attached hydrogens (primary N) is 1.